The molecular formula is C12H10N2O4S2. The number of furan rings is 1. The van der Waals surface area contributed by atoms with E-state index in [-0.39, 0.29) is 11.8 Å². The summed E-state index contributed by atoms with van der Waals surface area (Å²) in [5.74, 6) is -0.0987. The molecule has 6 nitrogen and oxygen atoms in total. The molecule has 0 spiro atoms. The van der Waals surface area contributed by atoms with Gasteiger partial charge in [-0.25, -0.2) is 0 Å². The van der Waals surface area contributed by atoms with E-state index in [4.69, 9.17) is 16.6 Å². The summed E-state index contributed by atoms with van der Waals surface area (Å²) in [6, 6.07) is 2.76. The first-order valence-electron chi connectivity index (χ1n) is 5.69. The Balaban J connectivity index is 2.09. The van der Waals surface area contributed by atoms with Crippen LogP contribution in [-0.4, -0.2) is 26.6 Å². The average molecular weight is 310 g/mol. The fourth-order valence-corrected chi connectivity index (χ4v) is 2.88. The van der Waals surface area contributed by atoms with Crippen LogP contribution in [0.25, 0.3) is 6.08 Å². The molecule has 0 radical (unpaired) electrons. The predicted molar refractivity (Wildman–Crippen MR) is 80.1 cm³/mol. The fourth-order valence-electron chi connectivity index (χ4n) is 1.55. The maximum atomic E-state index is 11.9. The summed E-state index contributed by atoms with van der Waals surface area (Å²) >= 11 is 6.31. The number of hydrogen-bond donors (Lipinski definition) is 0. The van der Waals surface area contributed by atoms with E-state index in [1.807, 2.05) is 6.92 Å². The molecule has 0 bridgehead atoms. The Kier molecular flexibility index (Phi) is 4.35. The number of thioether (sulfide) groups is 1. The van der Waals surface area contributed by atoms with Gasteiger partial charge in [0.05, 0.1) is 11.0 Å². The zero-order valence-electron chi connectivity index (χ0n) is 10.4. The molecule has 0 saturated carbocycles. The van der Waals surface area contributed by atoms with Crippen LogP contribution in [0.3, 0.4) is 0 Å². The number of carbonyl (C=O) groups is 1. The number of amides is 1. The molecule has 1 aromatic rings. The number of allylic oxidation sites excluding steroid dienone is 2. The standard InChI is InChI=1S/C12H10N2O4S2/c1-2-13-11(15)9(20-12(13)19)5-3-4-8-6-7-10(18-8)14(16)17/h3-7H,2H2,1H3/b4-3+,9-5+. The van der Waals surface area contributed by atoms with E-state index in [9.17, 15) is 14.9 Å². The van der Waals surface area contributed by atoms with Crippen molar-refractivity contribution in [3.8, 4) is 0 Å². The lowest BCUT2D eigenvalue weighted by Crippen LogP contribution is -2.27. The minimum Gasteiger partial charge on any atom is -0.401 e. The van der Waals surface area contributed by atoms with Crippen LogP contribution >= 0.6 is 24.0 Å². The van der Waals surface area contributed by atoms with E-state index < -0.39 is 4.92 Å². The fraction of sp³-hybridized carbons (Fsp3) is 0.167. The van der Waals surface area contributed by atoms with E-state index in [1.165, 1.54) is 28.8 Å². The van der Waals surface area contributed by atoms with Crippen molar-refractivity contribution in [3.63, 3.8) is 0 Å². The van der Waals surface area contributed by atoms with E-state index in [0.717, 1.165) is 0 Å². The number of likely N-dealkylation sites (N-methyl/N-ethyl adjacent to an activating group) is 1. The van der Waals surface area contributed by atoms with Gasteiger partial charge < -0.3 is 4.42 Å². The molecule has 0 N–H and O–H groups in total. The largest absolute Gasteiger partial charge is 0.433 e. The molecular weight excluding hydrogens is 300 g/mol. The van der Waals surface area contributed by atoms with Gasteiger partial charge >= 0.3 is 5.88 Å². The Bertz CT molecular complexity index is 633. The van der Waals surface area contributed by atoms with Gasteiger partial charge in [-0.1, -0.05) is 30.1 Å². The van der Waals surface area contributed by atoms with Gasteiger partial charge in [0.25, 0.3) is 5.91 Å². The summed E-state index contributed by atoms with van der Waals surface area (Å²) < 4.78 is 5.49. The minimum atomic E-state index is -0.607. The van der Waals surface area contributed by atoms with Gasteiger partial charge in [0.1, 0.15) is 15.0 Å². The smallest absolute Gasteiger partial charge is 0.401 e. The first-order valence-corrected chi connectivity index (χ1v) is 6.91. The van der Waals surface area contributed by atoms with Crippen LogP contribution < -0.4 is 0 Å². The van der Waals surface area contributed by atoms with Gasteiger partial charge in [-0.2, -0.15) is 0 Å². The predicted octanol–water partition coefficient (Wildman–Crippen LogP) is 2.97. The van der Waals surface area contributed by atoms with Crippen LogP contribution in [0.15, 0.2) is 33.6 Å². The van der Waals surface area contributed by atoms with Crippen LogP contribution in [0.2, 0.25) is 0 Å². The summed E-state index contributed by atoms with van der Waals surface area (Å²) in [7, 11) is 0. The Morgan fingerprint density at radius 3 is 2.85 bits per heavy atom. The molecule has 0 aliphatic carbocycles. The Hall–Kier alpha value is -1.93. The second-order valence-electron chi connectivity index (χ2n) is 3.74. The lowest BCUT2D eigenvalue weighted by molar-refractivity contribution is -0.402. The number of nitro groups is 1. The summed E-state index contributed by atoms with van der Waals surface area (Å²) in [6.45, 7) is 2.39. The Labute approximate surface area is 124 Å². The molecule has 1 aliphatic heterocycles. The highest BCUT2D eigenvalue weighted by Gasteiger charge is 2.29. The van der Waals surface area contributed by atoms with Crippen molar-refractivity contribution in [2.75, 3.05) is 6.54 Å². The summed E-state index contributed by atoms with van der Waals surface area (Å²) in [4.78, 5) is 23.8. The van der Waals surface area contributed by atoms with E-state index in [2.05, 4.69) is 0 Å². The molecule has 2 rings (SSSR count). The van der Waals surface area contributed by atoms with Crippen molar-refractivity contribution in [2.24, 2.45) is 0 Å². The molecule has 0 atom stereocenters. The van der Waals surface area contributed by atoms with Crippen LogP contribution in [0, 0.1) is 10.1 Å². The topological polar surface area (TPSA) is 76.6 Å². The third-order valence-corrected chi connectivity index (χ3v) is 3.89. The van der Waals surface area contributed by atoms with Crippen molar-refractivity contribution in [2.45, 2.75) is 6.92 Å². The van der Waals surface area contributed by atoms with Gasteiger partial charge in [0, 0.05) is 6.54 Å². The van der Waals surface area contributed by atoms with Crippen LogP contribution in [0.4, 0.5) is 5.88 Å². The van der Waals surface area contributed by atoms with E-state index in [0.29, 0.717) is 21.5 Å². The maximum absolute atomic E-state index is 11.9. The lowest BCUT2D eigenvalue weighted by atomic mass is 10.3. The van der Waals surface area contributed by atoms with Crippen molar-refractivity contribution in [1.29, 1.82) is 0 Å². The first kappa shape index (κ1) is 14.5. The van der Waals surface area contributed by atoms with Gasteiger partial charge in [-0.3, -0.25) is 19.8 Å². The molecule has 20 heavy (non-hydrogen) atoms. The zero-order valence-corrected chi connectivity index (χ0v) is 12.1. The molecule has 1 fully saturated rings. The second-order valence-corrected chi connectivity index (χ2v) is 5.42. The molecule has 2 heterocycles. The molecule has 1 aliphatic rings. The van der Waals surface area contributed by atoms with Crippen LogP contribution in [-0.2, 0) is 4.79 Å². The number of nitrogens with zero attached hydrogens (tertiary/aromatic N) is 2. The monoisotopic (exact) mass is 310 g/mol. The van der Waals surface area contributed by atoms with Crippen LogP contribution in [0.1, 0.15) is 12.7 Å². The van der Waals surface area contributed by atoms with Gasteiger partial charge in [-0.05, 0) is 25.1 Å². The number of carbonyl (C=O) groups excluding carboxylic acids is 1. The highest BCUT2D eigenvalue weighted by Crippen LogP contribution is 2.30. The minimum absolute atomic E-state index is 0.127. The summed E-state index contributed by atoms with van der Waals surface area (Å²) in [5.41, 5.74) is 0. The normalized spacial score (nSPS) is 17.6. The molecule has 8 heteroatoms. The third kappa shape index (κ3) is 2.97. The third-order valence-electron chi connectivity index (χ3n) is 2.49. The highest BCUT2D eigenvalue weighted by atomic mass is 32.2. The summed E-state index contributed by atoms with van der Waals surface area (Å²) in [6.07, 6.45) is 4.76. The molecule has 1 aromatic heterocycles. The van der Waals surface area contributed by atoms with Crippen molar-refractivity contribution in [1.82, 2.24) is 4.90 Å². The number of thiocarbonyl (C=S) groups is 1. The summed E-state index contributed by atoms with van der Waals surface area (Å²) in [5, 5.41) is 10.5. The van der Waals surface area contributed by atoms with Gasteiger partial charge in [0.2, 0.25) is 0 Å². The molecule has 1 amide bonds. The molecule has 1 saturated heterocycles. The Morgan fingerprint density at radius 1 is 1.55 bits per heavy atom. The Morgan fingerprint density at radius 2 is 2.30 bits per heavy atom. The zero-order chi connectivity index (χ0) is 14.7. The molecule has 0 aromatic carbocycles. The van der Waals surface area contributed by atoms with E-state index in [1.54, 1.807) is 18.2 Å². The average Bonchev–Trinajstić information content (AvgIpc) is 2.96. The van der Waals surface area contributed by atoms with Crippen molar-refractivity contribution >= 4 is 46.2 Å². The van der Waals surface area contributed by atoms with E-state index >= 15 is 0 Å². The SMILES string of the molecule is CCN1C(=O)/C(=C\C=C\c2ccc([N+](=O)[O-])o2)SC1=S. The highest BCUT2D eigenvalue weighted by molar-refractivity contribution is 8.26. The van der Waals surface area contributed by atoms with Crippen molar-refractivity contribution < 1.29 is 14.1 Å². The molecule has 104 valence electrons. The maximum Gasteiger partial charge on any atom is 0.433 e. The lowest BCUT2D eigenvalue weighted by Gasteiger charge is -2.09. The van der Waals surface area contributed by atoms with Gasteiger partial charge in [-0.15, -0.1) is 0 Å². The second kappa shape index (κ2) is 6.02. The quantitative estimate of drug-likeness (QED) is 0.368. The number of rotatable bonds is 4. The van der Waals surface area contributed by atoms with Crippen LogP contribution in [0.5, 0.6) is 0 Å². The molecule has 0 unspecified atom stereocenters. The number of hydrogen-bond acceptors (Lipinski definition) is 6. The first-order chi connectivity index (χ1) is 9.52. The van der Waals surface area contributed by atoms with Gasteiger partial charge in [0.15, 0.2) is 0 Å². The van der Waals surface area contributed by atoms with Crippen molar-refractivity contribution in [3.05, 3.63) is 45.1 Å².